The SMILES string of the molecule is Cc1ccc(S(=O)(=O)n2ccc3nc(C(=O)O)cnc32)cc1.Cc1ccc(S(=O)(=O)n2ccc3nc(NC(=O)OC(C)(C)C)cnc32)cc1. The standard InChI is InChI=1S/C18H20N4O4S.C14H11N3O4S/c1-12-5-7-13(8-6-12)27(24,25)22-10-9-14-16(22)19-11-15(20-14)21-17(23)26-18(2,3)4;1-9-2-4-10(5-3-9)22(20,21)17-7-6-11-13(17)15-8-12(16-11)14(18)19/h5-11H,1-4H3,(H,20,21,23);2-8H,1H3,(H,18,19). The van der Waals surface area contributed by atoms with Crippen LogP contribution in [0.2, 0.25) is 0 Å². The Hall–Kier alpha value is -5.68. The van der Waals surface area contributed by atoms with Crippen molar-refractivity contribution in [1.29, 1.82) is 0 Å². The first kappa shape index (κ1) is 34.6. The van der Waals surface area contributed by atoms with Crippen molar-refractivity contribution >= 4 is 60.3 Å². The molecule has 2 aromatic carbocycles. The van der Waals surface area contributed by atoms with Crippen LogP contribution in [-0.2, 0) is 24.8 Å². The van der Waals surface area contributed by atoms with Gasteiger partial charge in [-0.15, -0.1) is 0 Å². The van der Waals surface area contributed by atoms with Gasteiger partial charge in [-0.05, 0) is 71.0 Å². The van der Waals surface area contributed by atoms with Crippen molar-refractivity contribution in [2.45, 2.75) is 50.0 Å². The van der Waals surface area contributed by atoms with Gasteiger partial charge in [0, 0.05) is 12.4 Å². The number of aryl methyl sites for hydroxylation is 2. The molecule has 4 aromatic heterocycles. The van der Waals surface area contributed by atoms with Crippen LogP contribution in [0, 0.1) is 13.8 Å². The molecule has 6 rings (SSSR count). The van der Waals surface area contributed by atoms with Gasteiger partial charge in [-0.3, -0.25) is 5.32 Å². The first-order valence-electron chi connectivity index (χ1n) is 14.5. The number of carbonyl (C=O) groups is 2. The average molecular weight is 706 g/mol. The van der Waals surface area contributed by atoms with Crippen LogP contribution >= 0.6 is 0 Å². The van der Waals surface area contributed by atoms with E-state index in [-0.39, 0.29) is 38.1 Å². The molecular weight excluding hydrogens is 675 g/mol. The molecule has 4 heterocycles. The number of rotatable bonds is 6. The summed E-state index contributed by atoms with van der Waals surface area (Å²) in [5, 5.41) is 11.4. The van der Waals surface area contributed by atoms with Gasteiger partial charge >= 0.3 is 12.1 Å². The van der Waals surface area contributed by atoms with Crippen molar-refractivity contribution in [2.24, 2.45) is 0 Å². The molecule has 0 spiro atoms. The zero-order valence-corrected chi connectivity index (χ0v) is 28.5. The van der Waals surface area contributed by atoms with Crippen molar-refractivity contribution in [3.63, 3.8) is 0 Å². The molecule has 254 valence electrons. The van der Waals surface area contributed by atoms with E-state index in [1.165, 1.54) is 42.9 Å². The smallest absolute Gasteiger partial charge is 0.413 e. The maximum absolute atomic E-state index is 12.8. The highest BCUT2D eigenvalue weighted by atomic mass is 32.2. The molecule has 17 heteroatoms. The van der Waals surface area contributed by atoms with Gasteiger partial charge in [0.25, 0.3) is 20.0 Å². The summed E-state index contributed by atoms with van der Waals surface area (Å²) in [7, 11) is -7.60. The number of fused-ring (bicyclic) bond motifs is 2. The number of hydrogen-bond acceptors (Lipinski definition) is 11. The maximum atomic E-state index is 12.8. The Morgan fingerprint density at radius 1 is 0.714 bits per heavy atom. The fourth-order valence-electron chi connectivity index (χ4n) is 4.38. The molecule has 0 atom stereocenters. The Bertz CT molecular complexity index is 2410. The van der Waals surface area contributed by atoms with Crippen LogP contribution in [0.25, 0.3) is 22.3 Å². The predicted molar refractivity (Wildman–Crippen MR) is 179 cm³/mol. The molecule has 15 nitrogen and oxygen atoms in total. The molecule has 6 aromatic rings. The lowest BCUT2D eigenvalue weighted by Crippen LogP contribution is -2.27. The average Bonchev–Trinajstić information content (AvgIpc) is 3.65. The molecule has 0 radical (unpaired) electrons. The molecule has 1 amide bonds. The largest absolute Gasteiger partial charge is 0.476 e. The van der Waals surface area contributed by atoms with Crippen LogP contribution in [-0.4, -0.2) is 67.5 Å². The number of aromatic nitrogens is 6. The van der Waals surface area contributed by atoms with Crippen LogP contribution in [0.3, 0.4) is 0 Å². The predicted octanol–water partition coefficient (Wildman–Crippen LogP) is 5.00. The number of ether oxygens (including phenoxy) is 1. The number of hydrogen-bond donors (Lipinski definition) is 2. The summed E-state index contributed by atoms with van der Waals surface area (Å²) in [4.78, 5) is 39.2. The zero-order chi connectivity index (χ0) is 35.7. The zero-order valence-electron chi connectivity index (χ0n) is 26.9. The van der Waals surface area contributed by atoms with Crippen molar-refractivity contribution < 1.29 is 36.3 Å². The van der Waals surface area contributed by atoms with Crippen molar-refractivity contribution in [2.75, 3.05) is 5.32 Å². The van der Waals surface area contributed by atoms with Gasteiger partial charge in [0.2, 0.25) is 0 Å². The van der Waals surface area contributed by atoms with Crippen molar-refractivity contribution in [3.8, 4) is 0 Å². The number of nitrogens with zero attached hydrogens (tertiary/aromatic N) is 6. The van der Waals surface area contributed by atoms with Gasteiger partial charge in [0.15, 0.2) is 22.8 Å². The lowest BCUT2D eigenvalue weighted by Gasteiger charge is -2.19. The maximum Gasteiger partial charge on any atom is 0.413 e. The van der Waals surface area contributed by atoms with Crippen LogP contribution in [0.4, 0.5) is 10.6 Å². The fraction of sp³-hybridized carbons (Fsp3) is 0.188. The molecule has 0 aliphatic rings. The van der Waals surface area contributed by atoms with Gasteiger partial charge in [-0.2, -0.15) is 0 Å². The van der Waals surface area contributed by atoms with E-state index in [4.69, 9.17) is 9.84 Å². The summed E-state index contributed by atoms with van der Waals surface area (Å²) in [6.45, 7) is 8.99. The summed E-state index contributed by atoms with van der Waals surface area (Å²) >= 11 is 0. The van der Waals surface area contributed by atoms with Crippen molar-refractivity contribution in [1.82, 2.24) is 27.9 Å². The molecular formula is C32H31N7O8S2. The minimum atomic E-state index is -3.81. The molecule has 0 bridgehead atoms. The van der Waals surface area contributed by atoms with E-state index in [9.17, 15) is 26.4 Å². The Kier molecular flexibility index (Phi) is 9.25. The second kappa shape index (κ2) is 13.1. The number of nitrogens with one attached hydrogen (secondary N) is 1. The van der Waals surface area contributed by atoms with Crippen LogP contribution in [0.1, 0.15) is 42.4 Å². The summed E-state index contributed by atoms with van der Waals surface area (Å²) in [6, 6.07) is 15.9. The third kappa shape index (κ3) is 7.57. The molecule has 0 aliphatic carbocycles. The highest BCUT2D eigenvalue weighted by Crippen LogP contribution is 2.22. The number of aromatic carboxylic acids is 1. The van der Waals surface area contributed by atoms with E-state index >= 15 is 0 Å². The minimum absolute atomic E-state index is 0.0885. The Balaban J connectivity index is 0.000000195. The van der Waals surface area contributed by atoms with Crippen molar-refractivity contribution in [3.05, 3.63) is 102 Å². The first-order valence-corrected chi connectivity index (χ1v) is 17.4. The fourth-order valence-corrected chi connectivity index (χ4v) is 6.98. The van der Waals surface area contributed by atoms with E-state index in [2.05, 4.69) is 25.3 Å². The van der Waals surface area contributed by atoms with E-state index < -0.39 is 37.7 Å². The van der Waals surface area contributed by atoms with E-state index in [1.807, 2.05) is 13.8 Å². The minimum Gasteiger partial charge on any atom is -0.476 e. The highest BCUT2D eigenvalue weighted by Gasteiger charge is 2.23. The Morgan fingerprint density at radius 2 is 1.16 bits per heavy atom. The molecule has 0 aliphatic heterocycles. The second-order valence-corrected chi connectivity index (χ2v) is 15.3. The molecule has 49 heavy (non-hydrogen) atoms. The van der Waals surface area contributed by atoms with Gasteiger partial charge in [0.05, 0.1) is 22.2 Å². The topological polar surface area (TPSA) is 205 Å². The van der Waals surface area contributed by atoms with Crippen LogP contribution < -0.4 is 5.32 Å². The molecule has 0 saturated heterocycles. The summed E-state index contributed by atoms with van der Waals surface area (Å²) in [6.07, 6.45) is 4.35. The number of carboxylic acids is 1. The molecule has 0 fully saturated rings. The number of amides is 1. The lowest BCUT2D eigenvalue weighted by atomic mass is 10.2. The van der Waals surface area contributed by atoms with Crippen LogP contribution in [0.15, 0.2) is 95.2 Å². The highest BCUT2D eigenvalue weighted by molar-refractivity contribution is 7.90. The lowest BCUT2D eigenvalue weighted by molar-refractivity contribution is 0.0633. The number of benzene rings is 2. The summed E-state index contributed by atoms with van der Waals surface area (Å²) < 4.78 is 58.1. The molecule has 0 saturated carbocycles. The molecule has 2 N–H and O–H groups in total. The third-order valence-electron chi connectivity index (χ3n) is 6.72. The summed E-state index contributed by atoms with van der Waals surface area (Å²) in [5.41, 5.74) is 1.82. The Labute approximate surface area is 281 Å². The quantitative estimate of drug-likeness (QED) is 0.235. The van der Waals surface area contributed by atoms with Gasteiger partial charge in [-0.25, -0.2) is 54.3 Å². The van der Waals surface area contributed by atoms with Gasteiger partial charge in [-0.1, -0.05) is 35.4 Å². The number of carboxylic acid groups (broad SMARTS) is 1. The van der Waals surface area contributed by atoms with Crippen LogP contribution in [0.5, 0.6) is 0 Å². The number of carbonyl (C=O) groups excluding carboxylic acids is 1. The monoisotopic (exact) mass is 705 g/mol. The molecule has 0 unspecified atom stereocenters. The summed E-state index contributed by atoms with van der Waals surface area (Å²) in [5.74, 6) is -1.05. The Morgan fingerprint density at radius 3 is 1.61 bits per heavy atom. The van der Waals surface area contributed by atoms with Gasteiger partial charge < -0.3 is 9.84 Å². The van der Waals surface area contributed by atoms with E-state index in [0.29, 0.717) is 5.52 Å². The van der Waals surface area contributed by atoms with E-state index in [0.717, 1.165) is 25.3 Å². The third-order valence-corrected chi connectivity index (χ3v) is 10.1. The number of anilines is 1. The normalized spacial score (nSPS) is 11.9. The van der Waals surface area contributed by atoms with Gasteiger partial charge in [0.1, 0.15) is 16.6 Å². The first-order chi connectivity index (χ1) is 23.0. The second-order valence-electron chi connectivity index (χ2n) is 11.7. The van der Waals surface area contributed by atoms with E-state index in [1.54, 1.807) is 57.2 Å².